The van der Waals surface area contributed by atoms with Crippen LogP contribution in [0.25, 0.3) is 0 Å². The van der Waals surface area contributed by atoms with E-state index in [2.05, 4.69) is 40.0 Å². The van der Waals surface area contributed by atoms with Crippen LogP contribution >= 0.6 is 39.9 Å². The molecule has 2 nitrogen and oxygen atoms in total. The van der Waals surface area contributed by atoms with Crippen LogP contribution in [0.15, 0.2) is 45.1 Å². The Morgan fingerprint density at radius 1 is 1.40 bits per heavy atom. The Balaban J connectivity index is 1.85. The number of hydrogen-bond donors (Lipinski definition) is 1. The Labute approximate surface area is 136 Å². The highest BCUT2D eigenvalue weighted by Gasteiger charge is 2.33. The molecule has 0 spiro atoms. The highest BCUT2D eigenvalue weighted by Crippen LogP contribution is 2.32. The molecule has 1 aromatic carbocycles. The quantitative estimate of drug-likeness (QED) is 0.782. The van der Waals surface area contributed by atoms with Gasteiger partial charge in [0.15, 0.2) is 0 Å². The van der Waals surface area contributed by atoms with Gasteiger partial charge >= 0.3 is 0 Å². The van der Waals surface area contributed by atoms with Crippen LogP contribution in [0.4, 0.5) is 0 Å². The van der Waals surface area contributed by atoms with E-state index in [1.807, 2.05) is 29.2 Å². The van der Waals surface area contributed by atoms with Crippen LogP contribution in [0.3, 0.4) is 0 Å². The summed E-state index contributed by atoms with van der Waals surface area (Å²) in [5.41, 5.74) is 0.681. The number of hydrogen-bond acceptors (Lipinski definition) is 3. The molecule has 0 saturated heterocycles. The molecule has 1 aromatic heterocycles. The Kier molecular flexibility index (Phi) is 4.19. The zero-order chi connectivity index (χ0) is 14.1. The summed E-state index contributed by atoms with van der Waals surface area (Å²) in [6, 6.07) is 10.1. The third kappa shape index (κ3) is 3.10. The smallest absolute Gasteiger partial charge is 0.255 e. The second-order valence-electron chi connectivity index (χ2n) is 4.91. The van der Waals surface area contributed by atoms with E-state index in [9.17, 15) is 4.79 Å². The molecular weight excluding hydrogens is 354 g/mol. The minimum absolute atomic E-state index is 0.0819. The molecule has 20 heavy (non-hydrogen) atoms. The van der Waals surface area contributed by atoms with Gasteiger partial charge < -0.3 is 4.90 Å². The standard InChI is InChI=1S/C15H14BrNOS2/c16-10-3-6-13(14(19)8-10)15(18)17(11-4-5-11)9-12-2-1-7-20-12/h1-3,6-8,11,19H,4-5,9H2. The summed E-state index contributed by atoms with van der Waals surface area (Å²) in [5, 5.41) is 2.05. The average Bonchev–Trinajstić information content (AvgIpc) is 3.12. The number of amides is 1. The molecule has 3 rings (SSSR count). The maximum atomic E-state index is 12.8. The summed E-state index contributed by atoms with van der Waals surface area (Å²) in [7, 11) is 0. The third-order valence-electron chi connectivity index (χ3n) is 3.34. The van der Waals surface area contributed by atoms with E-state index < -0.39 is 0 Å². The van der Waals surface area contributed by atoms with Crippen molar-refractivity contribution in [3.63, 3.8) is 0 Å². The molecule has 0 bridgehead atoms. The minimum atomic E-state index is 0.0819. The van der Waals surface area contributed by atoms with E-state index >= 15 is 0 Å². The lowest BCUT2D eigenvalue weighted by Crippen LogP contribution is -2.32. The van der Waals surface area contributed by atoms with E-state index in [4.69, 9.17) is 0 Å². The number of nitrogens with zero attached hydrogens (tertiary/aromatic N) is 1. The first-order valence-corrected chi connectivity index (χ1v) is 8.59. The van der Waals surface area contributed by atoms with Gasteiger partial charge in [-0.25, -0.2) is 0 Å². The fraction of sp³-hybridized carbons (Fsp3) is 0.267. The predicted molar refractivity (Wildman–Crippen MR) is 88.6 cm³/mol. The van der Waals surface area contributed by atoms with Crippen LogP contribution in [0.1, 0.15) is 28.1 Å². The van der Waals surface area contributed by atoms with Gasteiger partial charge in [-0.05, 0) is 42.5 Å². The fourth-order valence-electron chi connectivity index (χ4n) is 2.16. The summed E-state index contributed by atoms with van der Waals surface area (Å²) in [6.45, 7) is 0.699. The van der Waals surface area contributed by atoms with Gasteiger partial charge in [0.05, 0.1) is 12.1 Å². The molecule has 0 radical (unpaired) electrons. The molecule has 1 aliphatic carbocycles. The van der Waals surface area contributed by atoms with E-state index in [0.29, 0.717) is 18.2 Å². The van der Waals surface area contributed by atoms with Gasteiger partial charge in [0.25, 0.3) is 5.91 Å². The summed E-state index contributed by atoms with van der Waals surface area (Å²) < 4.78 is 0.940. The number of benzene rings is 1. The predicted octanol–water partition coefficient (Wildman–Crippen LogP) is 4.60. The van der Waals surface area contributed by atoms with Gasteiger partial charge in [0, 0.05) is 20.3 Å². The highest BCUT2D eigenvalue weighted by atomic mass is 79.9. The molecule has 2 aromatic rings. The van der Waals surface area contributed by atoms with Crippen molar-refractivity contribution in [1.29, 1.82) is 0 Å². The zero-order valence-corrected chi connectivity index (χ0v) is 14.0. The summed E-state index contributed by atoms with van der Waals surface area (Å²) in [6.07, 6.45) is 2.21. The molecule has 104 valence electrons. The maximum Gasteiger partial charge on any atom is 0.255 e. The minimum Gasteiger partial charge on any atom is -0.330 e. The first kappa shape index (κ1) is 14.2. The number of rotatable bonds is 4. The Morgan fingerprint density at radius 3 is 2.80 bits per heavy atom. The molecule has 0 N–H and O–H groups in total. The van der Waals surface area contributed by atoms with Crippen molar-refractivity contribution >= 4 is 45.8 Å². The van der Waals surface area contributed by atoms with Gasteiger partial charge in [-0.3, -0.25) is 4.79 Å². The van der Waals surface area contributed by atoms with E-state index in [1.54, 1.807) is 11.3 Å². The third-order valence-corrected chi connectivity index (χ3v) is 5.07. The van der Waals surface area contributed by atoms with Crippen molar-refractivity contribution in [2.75, 3.05) is 0 Å². The number of carbonyl (C=O) groups excluding carboxylic acids is 1. The Morgan fingerprint density at radius 2 is 2.20 bits per heavy atom. The largest absolute Gasteiger partial charge is 0.330 e. The molecule has 5 heteroatoms. The lowest BCUT2D eigenvalue weighted by Gasteiger charge is -2.22. The molecule has 0 unspecified atom stereocenters. The van der Waals surface area contributed by atoms with Crippen molar-refractivity contribution in [2.45, 2.75) is 30.3 Å². The molecule has 1 aliphatic rings. The van der Waals surface area contributed by atoms with Crippen molar-refractivity contribution in [3.8, 4) is 0 Å². The number of carbonyl (C=O) groups is 1. The van der Waals surface area contributed by atoms with Crippen molar-refractivity contribution in [2.24, 2.45) is 0 Å². The Hall–Kier alpha value is -0.780. The van der Waals surface area contributed by atoms with Crippen molar-refractivity contribution in [1.82, 2.24) is 4.90 Å². The van der Waals surface area contributed by atoms with E-state index in [1.165, 1.54) is 4.88 Å². The lowest BCUT2D eigenvalue weighted by atomic mass is 10.2. The summed E-state index contributed by atoms with van der Waals surface area (Å²) in [5.74, 6) is 0.0819. The molecule has 1 heterocycles. The van der Waals surface area contributed by atoms with E-state index in [-0.39, 0.29) is 5.91 Å². The molecule has 1 fully saturated rings. The van der Waals surface area contributed by atoms with Crippen molar-refractivity contribution < 1.29 is 4.79 Å². The van der Waals surface area contributed by atoms with Crippen LogP contribution in [0.2, 0.25) is 0 Å². The maximum absolute atomic E-state index is 12.8. The summed E-state index contributed by atoms with van der Waals surface area (Å²) in [4.78, 5) is 16.7. The molecule has 1 saturated carbocycles. The summed E-state index contributed by atoms with van der Waals surface area (Å²) >= 11 is 9.52. The van der Waals surface area contributed by atoms with E-state index in [0.717, 1.165) is 22.2 Å². The first-order chi connectivity index (χ1) is 9.65. The molecule has 1 amide bonds. The Bertz CT molecular complexity index is 623. The van der Waals surface area contributed by atoms with Gasteiger partial charge in [0.1, 0.15) is 0 Å². The average molecular weight is 368 g/mol. The fourth-order valence-corrected chi connectivity index (χ4v) is 3.71. The van der Waals surface area contributed by atoms with Crippen LogP contribution in [-0.2, 0) is 6.54 Å². The van der Waals surface area contributed by atoms with Crippen molar-refractivity contribution in [3.05, 3.63) is 50.6 Å². The second-order valence-corrected chi connectivity index (χ2v) is 7.33. The zero-order valence-electron chi connectivity index (χ0n) is 10.8. The monoisotopic (exact) mass is 367 g/mol. The SMILES string of the molecule is O=C(c1ccc(Br)cc1S)N(Cc1cccs1)C1CC1. The van der Waals surface area contributed by atoms with Gasteiger partial charge in [-0.2, -0.15) is 0 Å². The lowest BCUT2D eigenvalue weighted by molar-refractivity contribution is 0.0728. The molecular formula is C15H14BrNOS2. The van der Waals surface area contributed by atoms with Gasteiger partial charge in [-0.15, -0.1) is 24.0 Å². The molecule has 0 atom stereocenters. The highest BCUT2D eigenvalue weighted by molar-refractivity contribution is 9.10. The number of thiophene rings is 1. The second kappa shape index (κ2) is 5.92. The molecule has 0 aliphatic heterocycles. The van der Waals surface area contributed by atoms with Gasteiger partial charge in [-0.1, -0.05) is 22.0 Å². The normalized spacial score (nSPS) is 14.3. The number of thiol groups is 1. The van der Waals surface area contributed by atoms with Crippen LogP contribution in [-0.4, -0.2) is 16.8 Å². The topological polar surface area (TPSA) is 20.3 Å². The van der Waals surface area contributed by atoms with Crippen LogP contribution in [0.5, 0.6) is 0 Å². The van der Waals surface area contributed by atoms with Gasteiger partial charge in [0.2, 0.25) is 0 Å². The van der Waals surface area contributed by atoms with Crippen LogP contribution in [0, 0.1) is 0 Å². The first-order valence-electron chi connectivity index (χ1n) is 6.47. The van der Waals surface area contributed by atoms with Crippen LogP contribution < -0.4 is 0 Å². The number of halogens is 1.